The quantitative estimate of drug-likeness (QED) is 0.483. The van der Waals surface area contributed by atoms with Gasteiger partial charge in [0.15, 0.2) is 0 Å². The number of likely N-dealkylation sites (N-methyl/N-ethyl adjacent to an activating group) is 1. The molecule has 0 saturated carbocycles. The van der Waals surface area contributed by atoms with Crippen molar-refractivity contribution in [2.24, 2.45) is 0 Å². The Morgan fingerprint density at radius 2 is 2.03 bits per heavy atom. The zero-order valence-electron chi connectivity index (χ0n) is 17.9. The predicted octanol–water partition coefficient (Wildman–Crippen LogP) is 4.96. The zero-order chi connectivity index (χ0) is 22.4. The number of esters is 1. The van der Waals surface area contributed by atoms with Crippen LogP contribution in [-0.2, 0) is 22.5 Å². The highest BCUT2D eigenvalue weighted by Crippen LogP contribution is 2.23. The van der Waals surface area contributed by atoms with Crippen molar-refractivity contribution in [2.45, 2.75) is 39.3 Å². The Kier molecular flexibility index (Phi) is 7.87. The number of urea groups is 1. The third-order valence-corrected chi connectivity index (χ3v) is 6.43. The number of amides is 2. The maximum absolute atomic E-state index is 12.5. The number of rotatable bonds is 8. The van der Waals surface area contributed by atoms with Gasteiger partial charge in [-0.15, -0.1) is 11.3 Å². The van der Waals surface area contributed by atoms with Crippen LogP contribution >= 0.6 is 22.9 Å². The van der Waals surface area contributed by atoms with Gasteiger partial charge >= 0.3 is 12.0 Å². The molecule has 0 radical (unpaired) electrons. The van der Waals surface area contributed by atoms with E-state index in [4.69, 9.17) is 16.3 Å². The molecule has 31 heavy (non-hydrogen) atoms. The van der Waals surface area contributed by atoms with Gasteiger partial charge in [0.2, 0.25) is 0 Å². The predicted molar refractivity (Wildman–Crippen MR) is 125 cm³/mol. The first-order valence-electron chi connectivity index (χ1n) is 10.1. The van der Waals surface area contributed by atoms with Crippen molar-refractivity contribution in [1.82, 2.24) is 15.2 Å². The topological polar surface area (TPSA) is 71.5 Å². The Bertz CT molecular complexity index is 1070. The van der Waals surface area contributed by atoms with E-state index in [1.165, 1.54) is 11.3 Å². The van der Waals surface area contributed by atoms with E-state index in [0.717, 1.165) is 26.4 Å². The van der Waals surface area contributed by atoms with Gasteiger partial charge in [-0.1, -0.05) is 42.8 Å². The summed E-state index contributed by atoms with van der Waals surface area (Å²) in [5, 5.41) is 4.19. The SMILES string of the molecule is CC[C@@H](COC(=O)Cc1nc2ccc(C)cc2s1)N(C)C(=O)NCc1ccccc1Cl. The van der Waals surface area contributed by atoms with Crippen molar-refractivity contribution in [3.8, 4) is 0 Å². The highest BCUT2D eigenvalue weighted by molar-refractivity contribution is 7.18. The molecule has 1 N–H and O–H groups in total. The monoisotopic (exact) mass is 459 g/mol. The average molecular weight is 460 g/mol. The van der Waals surface area contributed by atoms with Gasteiger partial charge in [0.25, 0.3) is 0 Å². The highest BCUT2D eigenvalue weighted by Gasteiger charge is 2.21. The normalized spacial score (nSPS) is 11.9. The zero-order valence-corrected chi connectivity index (χ0v) is 19.4. The summed E-state index contributed by atoms with van der Waals surface area (Å²) in [7, 11) is 1.69. The molecule has 164 valence electrons. The largest absolute Gasteiger partial charge is 0.463 e. The average Bonchev–Trinajstić information content (AvgIpc) is 3.14. The molecule has 2 aromatic carbocycles. The molecule has 0 spiro atoms. The molecule has 1 heterocycles. The first-order chi connectivity index (χ1) is 14.9. The van der Waals surface area contributed by atoms with Crippen LogP contribution in [0.2, 0.25) is 5.02 Å². The van der Waals surface area contributed by atoms with Crippen molar-refractivity contribution < 1.29 is 14.3 Å². The molecule has 0 aliphatic carbocycles. The number of hydrogen-bond donors (Lipinski definition) is 1. The number of carbonyl (C=O) groups excluding carboxylic acids is 2. The van der Waals surface area contributed by atoms with Gasteiger partial charge in [0.05, 0.1) is 22.7 Å². The van der Waals surface area contributed by atoms with E-state index in [1.807, 2.05) is 44.2 Å². The van der Waals surface area contributed by atoms with Gasteiger partial charge in [-0.05, 0) is 42.7 Å². The van der Waals surface area contributed by atoms with Gasteiger partial charge in [-0.3, -0.25) is 4.79 Å². The molecule has 0 bridgehead atoms. The molecule has 0 fully saturated rings. The molecule has 0 aliphatic rings. The number of carbonyl (C=O) groups is 2. The standard InChI is InChI=1S/C23H26ClN3O3S/c1-4-17(27(3)23(29)25-13-16-7-5-6-8-18(16)24)14-30-22(28)12-21-26-19-10-9-15(2)11-20(19)31-21/h5-11,17H,4,12-14H2,1-3H3,(H,25,29)/t17-/m0/s1. The van der Waals surface area contributed by atoms with Gasteiger partial charge in [-0.2, -0.15) is 0 Å². The van der Waals surface area contributed by atoms with Crippen LogP contribution in [0.25, 0.3) is 10.2 Å². The van der Waals surface area contributed by atoms with Gasteiger partial charge in [0, 0.05) is 18.6 Å². The lowest BCUT2D eigenvalue weighted by Crippen LogP contribution is -2.45. The number of fused-ring (bicyclic) bond motifs is 1. The third kappa shape index (κ3) is 6.18. The van der Waals surface area contributed by atoms with Crippen molar-refractivity contribution in [3.63, 3.8) is 0 Å². The van der Waals surface area contributed by atoms with E-state index < -0.39 is 0 Å². The third-order valence-electron chi connectivity index (χ3n) is 5.05. The van der Waals surface area contributed by atoms with Crippen LogP contribution in [0.5, 0.6) is 0 Å². The molecule has 1 aromatic heterocycles. The smallest absolute Gasteiger partial charge is 0.317 e. The first kappa shape index (κ1) is 23.0. The Morgan fingerprint density at radius 3 is 2.77 bits per heavy atom. The molecule has 6 nitrogen and oxygen atoms in total. The molecule has 2 amide bonds. The Morgan fingerprint density at radius 1 is 1.26 bits per heavy atom. The maximum atomic E-state index is 12.5. The summed E-state index contributed by atoms with van der Waals surface area (Å²) in [6.07, 6.45) is 0.779. The summed E-state index contributed by atoms with van der Waals surface area (Å²) < 4.78 is 6.52. The van der Waals surface area contributed by atoms with E-state index in [2.05, 4.69) is 16.4 Å². The maximum Gasteiger partial charge on any atom is 0.317 e. The molecule has 1 atom stereocenters. The number of nitrogens with one attached hydrogen (secondary N) is 1. The van der Waals surface area contributed by atoms with Gasteiger partial charge < -0.3 is 15.0 Å². The van der Waals surface area contributed by atoms with Crippen molar-refractivity contribution >= 4 is 45.2 Å². The molecule has 0 saturated heterocycles. The molecule has 3 aromatic rings. The van der Waals surface area contributed by atoms with Crippen molar-refractivity contribution in [3.05, 3.63) is 63.6 Å². The van der Waals surface area contributed by atoms with Crippen LogP contribution in [0, 0.1) is 6.92 Å². The Balaban J connectivity index is 1.50. The number of ether oxygens (including phenoxy) is 1. The summed E-state index contributed by atoms with van der Waals surface area (Å²) >= 11 is 7.63. The number of thiazole rings is 1. The highest BCUT2D eigenvalue weighted by atomic mass is 35.5. The minimum absolute atomic E-state index is 0.122. The van der Waals surface area contributed by atoms with Crippen LogP contribution in [0.4, 0.5) is 4.79 Å². The fraction of sp³-hybridized carbons (Fsp3) is 0.348. The minimum Gasteiger partial charge on any atom is -0.463 e. The second-order valence-electron chi connectivity index (χ2n) is 7.36. The van der Waals surface area contributed by atoms with E-state index in [9.17, 15) is 9.59 Å². The summed E-state index contributed by atoms with van der Waals surface area (Å²) in [6.45, 7) is 4.44. The lowest BCUT2D eigenvalue weighted by molar-refractivity contribution is -0.144. The van der Waals surface area contributed by atoms with E-state index in [-0.39, 0.29) is 31.1 Å². The lowest BCUT2D eigenvalue weighted by Gasteiger charge is -2.27. The molecule has 0 aliphatic heterocycles. The Hall–Kier alpha value is -2.64. The molecule has 8 heteroatoms. The minimum atomic E-state index is -0.348. The van der Waals surface area contributed by atoms with Crippen LogP contribution in [0.1, 0.15) is 29.5 Å². The number of aryl methyl sites for hydroxylation is 1. The first-order valence-corrected chi connectivity index (χ1v) is 11.3. The fourth-order valence-electron chi connectivity index (χ4n) is 3.13. The molecular weight excluding hydrogens is 434 g/mol. The van der Waals surface area contributed by atoms with Crippen molar-refractivity contribution in [2.75, 3.05) is 13.7 Å². The fourth-order valence-corrected chi connectivity index (χ4v) is 4.38. The van der Waals surface area contributed by atoms with Gasteiger partial charge in [-0.25, -0.2) is 9.78 Å². The lowest BCUT2D eigenvalue weighted by atomic mass is 10.2. The number of aromatic nitrogens is 1. The second kappa shape index (κ2) is 10.6. The summed E-state index contributed by atoms with van der Waals surface area (Å²) in [5.74, 6) is -0.348. The van der Waals surface area contributed by atoms with Crippen molar-refractivity contribution in [1.29, 1.82) is 0 Å². The van der Waals surface area contributed by atoms with E-state index in [1.54, 1.807) is 18.0 Å². The van der Waals surface area contributed by atoms with Gasteiger partial charge in [0.1, 0.15) is 11.6 Å². The summed E-state index contributed by atoms with van der Waals surface area (Å²) in [5.41, 5.74) is 2.89. The summed E-state index contributed by atoms with van der Waals surface area (Å²) in [6, 6.07) is 12.9. The summed E-state index contributed by atoms with van der Waals surface area (Å²) in [4.78, 5) is 30.9. The molecule has 3 rings (SSSR count). The molecule has 0 unspecified atom stereocenters. The number of benzene rings is 2. The van der Waals surface area contributed by atoms with Crippen LogP contribution < -0.4 is 5.32 Å². The molecular formula is C23H26ClN3O3S. The second-order valence-corrected chi connectivity index (χ2v) is 8.88. The Labute approximate surface area is 191 Å². The number of nitrogens with zero attached hydrogens (tertiary/aromatic N) is 2. The van der Waals surface area contributed by atoms with E-state index in [0.29, 0.717) is 18.0 Å². The van der Waals surface area contributed by atoms with Crippen LogP contribution in [0.3, 0.4) is 0 Å². The van der Waals surface area contributed by atoms with Crippen LogP contribution in [0.15, 0.2) is 42.5 Å². The number of hydrogen-bond acceptors (Lipinski definition) is 5. The van der Waals surface area contributed by atoms with E-state index >= 15 is 0 Å². The number of halogens is 1. The van der Waals surface area contributed by atoms with Crippen LogP contribution in [-0.4, -0.2) is 41.6 Å².